The fourth-order valence-corrected chi connectivity index (χ4v) is 1.43. The van der Waals surface area contributed by atoms with Gasteiger partial charge in [0.25, 0.3) is 0 Å². The van der Waals surface area contributed by atoms with E-state index in [1.54, 1.807) is 29.0 Å². The molecule has 1 heterocycles. The van der Waals surface area contributed by atoms with E-state index in [1.165, 1.54) is 12.1 Å². The minimum atomic E-state index is -0.414. The molecule has 0 aliphatic carbocycles. The van der Waals surface area contributed by atoms with Gasteiger partial charge in [-0.05, 0) is 30.3 Å². The van der Waals surface area contributed by atoms with E-state index < -0.39 is 5.82 Å². The van der Waals surface area contributed by atoms with Crippen molar-refractivity contribution in [2.75, 3.05) is 5.73 Å². The first-order chi connectivity index (χ1) is 7.20. The number of hydrogen-bond donors (Lipinski definition) is 1. The number of hydrogen-bond acceptors (Lipinski definition) is 2. The molecule has 2 aromatic rings. The first-order valence-electron chi connectivity index (χ1n) is 4.34. The molecule has 0 aliphatic rings. The van der Waals surface area contributed by atoms with E-state index in [-0.39, 0.29) is 0 Å². The lowest BCUT2D eigenvalue weighted by Crippen LogP contribution is -1.97. The quantitative estimate of drug-likeness (QED) is 0.718. The Morgan fingerprint density at radius 1 is 1.33 bits per heavy atom. The molecule has 0 saturated carbocycles. The van der Waals surface area contributed by atoms with Crippen LogP contribution in [0.1, 0.15) is 5.69 Å². The Hall–Kier alpha value is -2.28. The van der Waals surface area contributed by atoms with Crippen molar-refractivity contribution in [1.82, 2.24) is 4.57 Å². The van der Waals surface area contributed by atoms with Crippen LogP contribution in [0, 0.1) is 17.1 Å². The van der Waals surface area contributed by atoms with Crippen LogP contribution in [0.5, 0.6) is 0 Å². The Bertz CT molecular complexity index is 517. The second-order valence-corrected chi connectivity index (χ2v) is 3.12. The lowest BCUT2D eigenvalue weighted by Gasteiger charge is -2.05. The van der Waals surface area contributed by atoms with Crippen molar-refractivity contribution >= 4 is 5.69 Å². The Balaban J connectivity index is 2.60. The maximum Gasteiger partial charge on any atom is 0.127 e. The molecule has 0 amide bonds. The predicted octanol–water partition coefficient (Wildman–Crippen LogP) is 2.07. The third-order valence-corrected chi connectivity index (χ3v) is 2.05. The largest absolute Gasteiger partial charge is 0.399 e. The number of rotatable bonds is 1. The van der Waals surface area contributed by atoms with Gasteiger partial charge in [-0.1, -0.05) is 0 Å². The van der Waals surface area contributed by atoms with Crippen molar-refractivity contribution in [2.45, 2.75) is 0 Å². The number of nitrogen functional groups attached to an aromatic ring is 1. The van der Waals surface area contributed by atoms with E-state index in [4.69, 9.17) is 11.0 Å². The van der Waals surface area contributed by atoms with Crippen LogP contribution in [0.25, 0.3) is 5.69 Å². The van der Waals surface area contributed by atoms with Crippen LogP contribution < -0.4 is 5.73 Å². The van der Waals surface area contributed by atoms with Crippen LogP contribution in [-0.4, -0.2) is 4.57 Å². The average Bonchev–Trinajstić information content (AvgIpc) is 2.63. The molecule has 0 saturated heterocycles. The highest BCUT2D eigenvalue weighted by molar-refractivity contribution is 5.50. The molecule has 2 rings (SSSR count). The molecular formula is C11H8FN3. The molecule has 3 nitrogen and oxygen atoms in total. The van der Waals surface area contributed by atoms with Crippen LogP contribution >= 0.6 is 0 Å². The number of nitrogens with two attached hydrogens (primary N) is 1. The summed E-state index contributed by atoms with van der Waals surface area (Å²) >= 11 is 0. The van der Waals surface area contributed by atoms with Crippen LogP contribution in [0.15, 0.2) is 36.5 Å². The van der Waals surface area contributed by atoms with Gasteiger partial charge in [-0.25, -0.2) is 4.39 Å². The summed E-state index contributed by atoms with van der Waals surface area (Å²) in [6.07, 6.45) is 1.69. The van der Waals surface area contributed by atoms with Gasteiger partial charge in [0.1, 0.15) is 17.6 Å². The number of anilines is 1. The molecule has 0 radical (unpaired) electrons. The molecule has 1 aromatic heterocycles. The highest BCUT2D eigenvalue weighted by Gasteiger charge is 2.04. The molecule has 74 valence electrons. The average molecular weight is 201 g/mol. The first-order valence-corrected chi connectivity index (χ1v) is 4.34. The summed E-state index contributed by atoms with van der Waals surface area (Å²) in [7, 11) is 0. The zero-order valence-corrected chi connectivity index (χ0v) is 7.81. The molecule has 0 fully saturated rings. The standard InChI is InChI=1S/C11H8FN3/c12-8-4-9(14)6-11(5-8)15-3-1-2-10(15)7-13/h1-6H,14H2. The van der Waals surface area contributed by atoms with Gasteiger partial charge >= 0.3 is 0 Å². The Labute approximate surface area is 86.2 Å². The van der Waals surface area contributed by atoms with Gasteiger partial charge in [-0.3, -0.25) is 0 Å². The summed E-state index contributed by atoms with van der Waals surface area (Å²) in [6, 6.07) is 9.57. The van der Waals surface area contributed by atoms with Crippen molar-refractivity contribution in [3.8, 4) is 11.8 Å². The van der Waals surface area contributed by atoms with E-state index in [2.05, 4.69) is 0 Å². The summed E-state index contributed by atoms with van der Waals surface area (Å²) in [4.78, 5) is 0. The minimum absolute atomic E-state index is 0.336. The number of benzene rings is 1. The highest BCUT2D eigenvalue weighted by Crippen LogP contribution is 2.17. The fraction of sp³-hybridized carbons (Fsp3) is 0. The number of halogens is 1. The van der Waals surface area contributed by atoms with Crippen molar-refractivity contribution in [3.05, 3.63) is 48.0 Å². The Kier molecular flexibility index (Phi) is 2.14. The molecule has 0 spiro atoms. The van der Waals surface area contributed by atoms with Gasteiger partial charge in [0.15, 0.2) is 0 Å². The van der Waals surface area contributed by atoms with Crippen molar-refractivity contribution in [3.63, 3.8) is 0 Å². The molecule has 1 aromatic carbocycles. The fourth-order valence-electron chi connectivity index (χ4n) is 1.43. The third kappa shape index (κ3) is 1.67. The Morgan fingerprint density at radius 2 is 2.13 bits per heavy atom. The normalized spacial score (nSPS) is 9.87. The number of nitriles is 1. The maximum atomic E-state index is 13.1. The van der Waals surface area contributed by atoms with Crippen LogP contribution in [0.4, 0.5) is 10.1 Å². The molecule has 0 unspecified atom stereocenters. The highest BCUT2D eigenvalue weighted by atomic mass is 19.1. The summed E-state index contributed by atoms with van der Waals surface area (Å²) in [5.41, 5.74) is 6.85. The summed E-state index contributed by atoms with van der Waals surface area (Å²) < 4.78 is 14.7. The van der Waals surface area contributed by atoms with Crippen LogP contribution in [0.2, 0.25) is 0 Å². The maximum absolute atomic E-state index is 13.1. The zero-order valence-electron chi connectivity index (χ0n) is 7.81. The zero-order chi connectivity index (χ0) is 10.8. The molecule has 0 atom stereocenters. The lowest BCUT2D eigenvalue weighted by molar-refractivity contribution is 0.627. The second-order valence-electron chi connectivity index (χ2n) is 3.12. The molecule has 2 N–H and O–H groups in total. The topological polar surface area (TPSA) is 54.7 Å². The summed E-state index contributed by atoms with van der Waals surface area (Å²) in [6.45, 7) is 0. The van der Waals surface area contributed by atoms with E-state index in [1.807, 2.05) is 6.07 Å². The SMILES string of the molecule is N#Cc1cccn1-c1cc(N)cc(F)c1. The molecular weight excluding hydrogens is 193 g/mol. The molecule has 4 heteroatoms. The summed E-state index contributed by atoms with van der Waals surface area (Å²) in [5, 5.41) is 8.81. The van der Waals surface area contributed by atoms with E-state index in [0.717, 1.165) is 0 Å². The lowest BCUT2D eigenvalue weighted by atomic mass is 10.2. The van der Waals surface area contributed by atoms with Gasteiger partial charge in [-0.15, -0.1) is 0 Å². The van der Waals surface area contributed by atoms with Crippen molar-refractivity contribution < 1.29 is 4.39 Å². The number of nitrogens with zero attached hydrogens (tertiary/aromatic N) is 2. The smallest absolute Gasteiger partial charge is 0.127 e. The molecule has 0 aliphatic heterocycles. The van der Waals surface area contributed by atoms with Crippen LogP contribution in [0.3, 0.4) is 0 Å². The minimum Gasteiger partial charge on any atom is -0.399 e. The van der Waals surface area contributed by atoms with Gasteiger partial charge < -0.3 is 10.3 Å². The van der Waals surface area contributed by atoms with Gasteiger partial charge in [0.2, 0.25) is 0 Å². The van der Waals surface area contributed by atoms with Gasteiger partial charge in [-0.2, -0.15) is 5.26 Å². The second kappa shape index (κ2) is 3.46. The van der Waals surface area contributed by atoms with E-state index in [0.29, 0.717) is 17.1 Å². The first kappa shape index (κ1) is 9.28. The molecule has 15 heavy (non-hydrogen) atoms. The number of aromatic nitrogens is 1. The van der Waals surface area contributed by atoms with Gasteiger partial charge in [0.05, 0.1) is 5.69 Å². The van der Waals surface area contributed by atoms with Crippen molar-refractivity contribution in [1.29, 1.82) is 5.26 Å². The van der Waals surface area contributed by atoms with E-state index >= 15 is 0 Å². The summed E-state index contributed by atoms with van der Waals surface area (Å²) in [5.74, 6) is -0.414. The van der Waals surface area contributed by atoms with Gasteiger partial charge in [0, 0.05) is 11.9 Å². The van der Waals surface area contributed by atoms with E-state index in [9.17, 15) is 4.39 Å². The predicted molar refractivity (Wildman–Crippen MR) is 54.9 cm³/mol. The third-order valence-electron chi connectivity index (χ3n) is 2.05. The Morgan fingerprint density at radius 3 is 2.80 bits per heavy atom. The monoisotopic (exact) mass is 201 g/mol. The molecule has 0 bridgehead atoms. The van der Waals surface area contributed by atoms with Crippen molar-refractivity contribution in [2.24, 2.45) is 0 Å². The van der Waals surface area contributed by atoms with Crippen LogP contribution in [-0.2, 0) is 0 Å².